The van der Waals surface area contributed by atoms with Crippen LogP contribution in [0, 0.1) is 0 Å². The first-order valence-electron chi connectivity index (χ1n) is 9.32. The van der Waals surface area contributed by atoms with Crippen LogP contribution in [0.3, 0.4) is 0 Å². The molecule has 2 rings (SSSR count). The fraction of sp³-hybridized carbons (Fsp3) is 0.200. The molecule has 0 amide bonds. The highest BCUT2D eigenvalue weighted by molar-refractivity contribution is 7.80. The summed E-state index contributed by atoms with van der Waals surface area (Å²) in [5.41, 5.74) is 6.28. The number of nitrogens with one attached hydrogen (secondary N) is 4. The first kappa shape index (κ1) is 24.6. The van der Waals surface area contributed by atoms with Crippen LogP contribution in [0.5, 0.6) is 23.0 Å². The van der Waals surface area contributed by atoms with Crippen molar-refractivity contribution in [2.75, 3.05) is 27.3 Å². The van der Waals surface area contributed by atoms with Crippen LogP contribution in [-0.2, 0) is 0 Å². The molecule has 0 aliphatic carbocycles. The van der Waals surface area contributed by atoms with E-state index in [0.29, 0.717) is 45.9 Å². The van der Waals surface area contributed by atoms with E-state index in [1.165, 1.54) is 26.6 Å². The van der Waals surface area contributed by atoms with Crippen LogP contribution in [0.15, 0.2) is 46.6 Å². The third-order valence-corrected chi connectivity index (χ3v) is 4.41. The summed E-state index contributed by atoms with van der Waals surface area (Å²) in [6.07, 6.45) is 2.86. The van der Waals surface area contributed by atoms with E-state index in [1.807, 2.05) is 0 Å². The van der Waals surface area contributed by atoms with Crippen molar-refractivity contribution in [3.05, 3.63) is 47.5 Å². The number of benzene rings is 2. The number of rotatable bonds is 9. The van der Waals surface area contributed by atoms with Crippen molar-refractivity contribution in [1.29, 1.82) is 0 Å². The van der Waals surface area contributed by atoms with Crippen LogP contribution < -0.4 is 31.0 Å². The predicted molar refractivity (Wildman–Crippen MR) is 132 cm³/mol. The number of thiocarbonyl (C=S) groups is 2. The summed E-state index contributed by atoms with van der Waals surface area (Å²) in [4.78, 5) is 0. The second-order valence-corrected chi connectivity index (χ2v) is 6.86. The smallest absolute Gasteiger partial charge is 0.187 e. The Morgan fingerprint density at radius 3 is 1.59 bits per heavy atom. The highest BCUT2D eigenvalue weighted by Crippen LogP contribution is 2.28. The summed E-state index contributed by atoms with van der Waals surface area (Å²) in [6, 6.07) is 10.1. The predicted octanol–water partition coefficient (Wildman–Crippen LogP) is 1.41. The molecule has 0 bridgehead atoms. The number of para-hydroxylation sites is 2. The SMILES string of the molecule is COc1cccc(/C=N/NC(=S)NCCNC(=S)N/N=C/c2cccc(OC)c2O)c1O. The van der Waals surface area contributed by atoms with Gasteiger partial charge in [-0.2, -0.15) is 10.2 Å². The molecule has 0 spiro atoms. The van der Waals surface area contributed by atoms with Gasteiger partial charge in [0, 0.05) is 24.2 Å². The van der Waals surface area contributed by atoms with Crippen molar-refractivity contribution >= 4 is 47.1 Å². The van der Waals surface area contributed by atoms with E-state index in [-0.39, 0.29) is 11.5 Å². The molecule has 2 aromatic carbocycles. The summed E-state index contributed by atoms with van der Waals surface area (Å²) >= 11 is 10.3. The Hall–Kier alpha value is -3.64. The van der Waals surface area contributed by atoms with Gasteiger partial charge in [-0.05, 0) is 48.7 Å². The topological polar surface area (TPSA) is 132 Å². The molecule has 10 nitrogen and oxygen atoms in total. The van der Waals surface area contributed by atoms with Gasteiger partial charge in [-0.1, -0.05) is 12.1 Å². The third-order valence-electron chi connectivity index (χ3n) is 3.94. The molecule has 0 fully saturated rings. The highest BCUT2D eigenvalue weighted by Gasteiger charge is 2.05. The zero-order valence-corrected chi connectivity index (χ0v) is 19.1. The third kappa shape index (κ3) is 7.56. The number of phenols is 2. The maximum Gasteiger partial charge on any atom is 0.187 e. The Bertz CT molecular complexity index is 921. The average molecular weight is 477 g/mol. The molecule has 2 aromatic rings. The highest BCUT2D eigenvalue weighted by atomic mass is 32.1. The van der Waals surface area contributed by atoms with E-state index < -0.39 is 0 Å². The molecule has 0 atom stereocenters. The fourth-order valence-electron chi connectivity index (χ4n) is 2.37. The molecule has 0 aromatic heterocycles. The van der Waals surface area contributed by atoms with E-state index in [4.69, 9.17) is 33.9 Å². The van der Waals surface area contributed by atoms with Gasteiger partial charge >= 0.3 is 0 Å². The molecule has 0 aliphatic rings. The lowest BCUT2D eigenvalue weighted by atomic mass is 10.2. The minimum Gasteiger partial charge on any atom is -0.504 e. The standard InChI is InChI=1S/C20H24N6O4S2/c1-29-15-7-3-5-13(17(15)27)11-23-25-19(31)21-9-10-22-20(32)26-24-12-14-6-4-8-16(30-2)18(14)28/h3-8,11-12,27-28H,9-10H2,1-2H3,(H2,21,25,31)(H2,22,26,32)/b23-11+,24-12+. The quantitative estimate of drug-likeness (QED) is 0.137. The largest absolute Gasteiger partial charge is 0.504 e. The van der Waals surface area contributed by atoms with Crippen molar-refractivity contribution in [3.8, 4) is 23.0 Å². The molecule has 0 heterocycles. The molecule has 12 heteroatoms. The molecule has 0 saturated heterocycles. The van der Waals surface area contributed by atoms with E-state index in [1.54, 1.807) is 36.4 Å². The van der Waals surface area contributed by atoms with Crippen LogP contribution in [-0.4, -0.2) is 60.2 Å². The van der Waals surface area contributed by atoms with Gasteiger partial charge in [0.1, 0.15) is 0 Å². The van der Waals surface area contributed by atoms with Crippen molar-refractivity contribution in [3.63, 3.8) is 0 Å². The molecule has 0 radical (unpaired) electrons. The minimum absolute atomic E-state index is 0.00564. The second-order valence-electron chi connectivity index (χ2n) is 6.05. The van der Waals surface area contributed by atoms with Gasteiger partial charge in [0.15, 0.2) is 33.2 Å². The lowest BCUT2D eigenvalue weighted by molar-refractivity contribution is 0.373. The summed E-state index contributed by atoms with van der Waals surface area (Å²) < 4.78 is 10.1. The molecule has 0 aliphatic heterocycles. The summed E-state index contributed by atoms with van der Waals surface area (Å²) in [5.74, 6) is 0.702. The Balaban J connectivity index is 1.66. The number of hydrogen-bond acceptors (Lipinski definition) is 8. The summed E-state index contributed by atoms with van der Waals surface area (Å²) in [5, 5.41) is 34.4. The Kier molecular flexibility index (Phi) is 9.94. The van der Waals surface area contributed by atoms with Crippen molar-refractivity contribution in [2.45, 2.75) is 0 Å². The van der Waals surface area contributed by atoms with Crippen molar-refractivity contribution in [2.24, 2.45) is 10.2 Å². The van der Waals surface area contributed by atoms with Gasteiger partial charge in [-0.25, -0.2) is 0 Å². The zero-order chi connectivity index (χ0) is 23.3. The maximum absolute atomic E-state index is 10.00. The molecule has 0 saturated carbocycles. The fourth-order valence-corrected chi connectivity index (χ4v) is 2.68. The van der Waals surface area contributed by atoms with Gasteiger partial charge in [-0.15, -0.1) is 0 Å². The molecular weight excluding hydrogens is 452 g/mol. The van der Waals surface area contributed by atoms with Crippen LogP contribution in [0.4, 0.5) is 0 Å². The van der Waals surface area contributed by atoms with Gasteiger partial charge in [0.2, 0.25) is 0 Å². The van der Waals surface area contributed by atoms with Gasteiger partial charge in [0.25, 0.3) is 0 Å². The number of methoxy groups -OCH3 is 2. The van der Waals surface area contributed by atoms with Crippen LogP contribution in [0.1, 0.15) is 11.1 Å². The van der Waals surface area contributed by atoms with Crippen molar-refractivity contribution in [1.82, 2.24) is 21.5 Å². The molecule has 32 heavy (non-hydrogen) atoms. The average Bonchev–Trinajstić information content (AvgIpc) is 2.79. The Morgan fingerprint density at radius 2 is 1.22 bits per heavy atom. The van der Waals surface area contributed by atoms with E-state index in [9.17, 15) is 10.2 Å². The molecule has 170 valence electrons. The van der Waals surface area contributed by atoms with Gasteiger partial charge < -0.3 is 30.3 Å². The van der Waals surface area contributed by atoms with Crippen LogP contribution in [0.2, 0.25) is 0 Å². The Labute approximate surface area is 196 Å². The van der Waals surface area contributed by atoms with Gasteiger partial charge in [0.05, 0.1) is 26.6 Å². The first-order valence-corrected chi connectivity index (χ1v) is 10.1. The van der Waals surface area contributed by atoms with Crippen LogP contribution in [0.25, 0.3) is 0 Å². The van der Waals surface area contributed by atoms with E-state index in [0.717, 1.165) is 0 Å². The monoisotopic (exact) mass is 476 g/mol. The number of hydrogen-bond donors (Lipinski definition) is 6. The summed E-state index contributed by atoms with van der Waals surface area (Å²) in [7, 11) is 2.95. The number of aromatic hydroxyl groups is 2. The number of hydrazone groups is 2. The molecule has 0 unspecified atom stereocenters. The lowest BCUT2D eigenvalue weighted by Crippen LogP contribution is -2.40. The van der Waals surface area contributed by atoms with E-state index >= 15 is 0 Å². The van der Waals surface area contributed by atoms with Gasteiger partial charge in [-0.3, -0.25) is 10.9 Å². The number of phenolic OH excluding ortho intramolecular Hbond substituents is 2. The molecule has 6 N–H and O–H groups in total. The lowest BCUT2D eigenvalue weighted by Gasteiger charge is -2.10. The zero-order valence-electron chi connectivity index (χ0n) is 17.5. The Morgan fingerprint density at radius 1 is 0.812 bits per heavy atom. The van der Waals surface area contributed by atoms with E-state index in [2.05, 4.69) is 31.7 Å². The number of nitrogens with zero attached hydrogens (tertiary/aromatic N) is 2. The van der Waals surface area contributed by atoms with Crippen LogP contribution >= 0.6 is 24.4 Å². The normalized spacial score (nSPS) is 10.7. The summed E-state index contributed by atoms with van der Waals surface area (Å²) in [6.45, 7) is 0.932. The first-order chi connectivity index (χ1) is 15.5. The minimum atomic E-state index is -0.00564. The molecular formula is C20H24N6O4S2. The number of ether oxygens (including phenoxy) is 2. The maximum atomic E-state index is 10.00. The van der Waals surface area contributed by atoms with Crippen molar-refractivity contribution < 1.29 is 19.7 Å². The second kappa shape index (κ2) is 12.9.